The molecule has 5 heteroatoms. The predicted molar refractivity (Wildman–Crippen MR) is 77.6 cm³/mol. The van der Waals surface area contributed by atoms with E-state index in [-0.39, 0.29) is 5.91 Å². The van der Waals surface area contributed by atoms with E-state index in [4.69, 9.17) is 11.6 Å². The van der Waals surface area contributed by atoms with Crippen molar-refractivity contribution >= 4 is 23.3 Å². The number of rotatable bonds is 2. The minimum atomic E-state index is 0.00245. The average Bonchev–Trinajstić information content (AvgIpc) is 2.41. The number of piperidine rings is 1. The zero-order chi connectivity index (χ0) is 14.0. The van der Waals surface area contributed by atoms with Gasteiger partial charge in [0.15, 0.2) is 0 Å². The van der Waals surface area contributed by atoms with Gasteiger partial charge in [-0.05, 0) is 24.3 Å². The molecule has 19 heavy (non-hydrogen) atoms. The van der Waals surface area contributed by atoms with Gasteiger partial charge in [0.1, 0.15) is 5.82 Å². The lowest BCUT2D eigenvalue weighted by Gasteiger charge is -2.35. The summed E-state index contributed by atoms with van der Waals surface area (Å²) in [5.74, 6) is 1.86. The number of pyridine rings is 1. The highest BCUT2D eigenvalue weighted by Gasteiger charge is 2.27. The summed E-state index contributed by atoms with van der Waals surface area (Å²) in [7, 11) is 1.77. The minimum absolute atomic E-state index is 0.00245. The molecule has 0 bridgehead atoms. The third-order valence-corrected chi connectivity index (χ3v) is 4.26. The van der Waals surface area contributed by atoms with Gasteiger partial charge >= 0.3 is 0 Å². The molecule has 1 aliphatic rings. The number of hydrogen-bond acceptors (Lipinski definition) is 3. The molecular weight excluding hydrogens is 262 g/mol. The maximum Gasteiger partial charge on any atom is 0.255 e. The second-order valence-corrected chi connectivity index (χ2v) is 5.70. The largest absolute Gasteiger partial charge is 0.373 e. The molecule has 2 heterocycles. The first kappa shape index (κ1) is 14.1. The summed E-state index contributed by atoms with van der Waals surface area (Å²) in [6.07, 6.45) is 2.57. The average molecular weight is 282 g/mol. The number of carbonyl (C=O) groups is 1. The van der Waals surface area contributed by atoms with E-state index in [1.54, 1.807) is 13.1 Å². The Labute approximate surface area is 119 Å². The van der Waals surface area contributed by atoms with E-state index in [0.29, 0.717) is 28.2 Å². The first-order chi connectivity index (χ1) is 9.02. The van der Waals surface area contributed by atoms with Crippen LogP contribution in [0.1, 0.15) is 30.6 Å². The number of likely N-dealkylation sites (tertiary alicyclic amines) is 1. The third-order valence-electron chi connectivity index (χ3n) is 3.96. The molecule has 1 saturated heterocycles. The Morgan fingerprint density at radius 1 is 1.47 bits per heavy atom. The van der Waals surface area contributed by atoms with Crippen LogP contribution in [0.4, 0.5) is 5.82 Å². The van der Waals surface area contributed by atoms with Crippen molar-refractivity contribution in [3.8, 4) is 0 Å². The van der Waals surface area contributed by atoms with Crippen LogP contribution in [0.3, 0.4) is 0 Å². The maximum atomic E-state index is 12.5. The van der Waals surface area contributed by atoms with Crippen molar-refractivity contribution in [3.63, 3.8) is 0 Å². The van der Waals surface area contributed by atoms with Gasteiger partial charge in [0.05, 0.1) is 10.6 Å². The molecule has 0 saturated carbocycles. The van der Waals surface area contributed by atoms with Crippen LogP contribution in [0, 0.1) is 11.8 Å². The van der Waals surface area contributed by atoms with Crippen LogP contribution in [0.15, 0.2) is 12.3 Å². The fraction of sp³-hybridized carbons (Fsp3) is 0.571. The second kappa shape index (κ2) is 5.78. The van der Waals surface area contributed by atoms with Gasteiger partial charge in [-0.15, -0.1) is 0 Å². The lowest BCUT2D eigenvalue weighted by atomic mass is 9.88. The Morgan fingerprint density at radius 3 is 2.84 bits per heavy atom. The number of amides is 1. The number of halogens is 1. The number of anilines is 1. The molecule has 1 N–H and O–H groups in total. The van der Waals surface area contributed by atoms with Crippen LogP contribution in [0.2, 0.25) is 5.02 Å². The van der Waals surface area contributed by atoms with Gasteiger partial charge in [-0.1, -0.05) is 25.4 Å². The lowest BCUT2D eigenvalue weighted by Crippen LogP contribution is -2.42. The van der Waals surface area contributed by atoms with Gasteiger partial charge < -0.3 is 10.2 Å². The maximum absolute atomic E-state index is 12.5. The summed E-state index contributed by atoms with van der Waals surface area (Å²) in [5, 5.41) is 3.34. The zero-order valence-corrected chi connectivity index (χ0v) is 12.4. The van der Waals surface area contributed by atoms with Gasteiger partial charge in [-0.3, -0.25) is 4.79 Å². The molecule has 2 rings (SSSR count). The van der Waals surface area contributed by atoms with E-state index in [0.717, 1.165) is 19.5 Å². The summed E-state index contributed by atoms with van der Waals surface area (Å²) in [6.45, 7) is 6.04. The summed E-state index contributed by atoms with van der Waals surface area (Å²) in [4.78, 5) is 18.5. The highest BCUT2D eigenvalue weighted by molar-refractivity contribution is 6.33. The van der Waals surface area contributed by atoms with Crippen LogP contribution >= 0.6 is 11.6 Å². The minimum Gasteiger partial charge on any atom is -0.373 e. The van der Waals surface area contributed by atoms with Crippen LogP contribution in [-0.2, 0) is 0 Å². The zero-order valence-electron chi connectivity index (χ0n) is 11.6. The molecule has 4 nitrogen and oxygen atoms in total. The molecule has 0 aromatic carbocycles. The van der Waals surface area contributed by atoms with Crippen LogP contribution in [0.5, 0.6) is 0 Å². The molecule has 0 spiro atoms. The summed E-state index contributed by atoms with van der Waals surface area (Å²) >= 11 is 6.09. The van der Waals surface area contributed by atoms with Gasteiger partial charge in [-0.25, -0.2) is 4.98 Å². The van der Waals surface area contributed by atoms with E-state index in [1.807, 2.05) is 4.90 Å². The van der Waals surface area contributed by atoms with Gasteiger partial charge in [0.2, 0.25) is 0 Å². The van der Waals surface area contributed by atoms with Crippen molar-refractivity contribution in [2.24, 2.45) is 11.8 Å². The molecule has 0 radical (unpaired) electrons. The first-order valence-electron chi connectivity index (χ1n) is 6.65. The molecule has 1 aliphatic heterocycles. The van der Waals surface area contributed by atoms with Crippen molar-refractivity contribution in [2.75, 3.05) is 25.5 Å². The second-order valence-electron chi connectivity index (χ2n) is 5.29. The van der Waals surface area contributed by atoms with E-state index in [2.05, 4.69) is 24.1 Å². The Morgan fingerprint density at radius 2 is 2.21 bits per heavy atom. The highest BCUT2D eigenvalue weighted by Crippen LogP contribution is 2.26. The standard InChI is InChI=1S/C14H20ClN3O/c1-9-4-5-18(8-10(9)2)14(19)11-6-13(16-3)17-7-12(11)15/h6-7,9-10H,4-5,8H2,1-3H3,(H,16,17). The highest BCUT2D eigenvalue weighted by atomic mass is 35.5. The molecule has 2 atom stereocenters. The van der Waals surface area contributed by atoms with Crippen LogP contribution in [0.25, 0.3) is 0 Å². The fourth-order valence-electron chi connectivity index (χ4n) is 2.36. The summed E-state index contributed by atoms with van der Waals surface area (Å²) in [6, 6.07) is 1.72. The Kier molecular flexibility index (Phi) is 4.30. The SMILES string of the molecule is CNc1cc(C(=O)N2CCC(C)C(C)C2)c(Cl)cn1. The molecule has 104 valence electrons. The number of nitrogens with zero attached hydrogens (tertiary/aromatic N) is 2. The van der Waals surface area contributed by atoms with Gasteiger partial charge in [0.25, 0.3) is 5.91 Å². The lowest BCUT2D eigenvalue weighted by molar-refractivity contribution is 0.0627. The van der Waals surface area contributed by atoms with E-state index < -0.39 is 0 Å². The Balaban J connectivity index is 2.20. The quantitative estimate of drug-likeness (QED) is 0.907. The number of nitrogens with one attached hydrogen (secondary N) is 1. The van der Waals surface area contributed by atoms with Gasteiger partial charge in [-0.2, -0.15) is 0 Å². The van der Waals surface area contributed by atoms with E-state index in [1.165, 1.54) is 6.20 Å². The fourth-order valence-corrected chi connectivity index (χ4v) is 2.54. The van der Waals surface area contributed by atoms with Crippen LogP contribution < -0.4 is 5.32 Å². The van der Waals surface area contributed by atoms with Crippen molar-refractivity contribution in [2.45, 2.75) is 20.3 Å². The topological polar surface area (TPSA) is 45.2 Å². The van der Waals surface area contributed by atoms with Gasteiger partial charge in [0, 0.05) is 26.3 Å². The van der Waals surface area contributed by atoms with Crippen molar-refractivity contribution in [1.82, 2.24) is 9.88 Å². The number of aromatic nitrogens is 1. The molecule has 1 amide bonds. The molecule has 1 aromatic heterocycles. The number of hydrogen-bond donors (Lipinski definition) is 1. The van der Waals surface area contributed by atoms with Crippen molar-refractivity contribution < 1.29 is 4.79 Å². The summed E-state index contributed by atoms with van der Waals surface area (Å²) in [5.41, 5.74) is 0.530. The molecule has 1 aromatic rings. The predicted octanol–water partition coefficient (Wildman–Crippen LogP) is 2.89. The Bertz CT molecular complexity index is 478. The first-order valence-corrected chi connectivity index (χ1v) is 7.03. The van der Waals surface area contributed by atoms with E-state index >= 15 is 0 Å². The molecular formula is C14H20ClN3O. The smallest absolute Gasteiger partial charge is 0.255 e. The Hall–Kier alpha value is -1.29. The van der Waals surface area contributed by atoms with Crippen molar-refractivity contribution in [3.05, 3.63) is 22.8 Å². The normalized spacial score (nSPS) is 23.3. The number of carbonyl (C=O) groups excluding carboxylic acids is 1. The van der Waals surface area contributed by atoms with Crippen LogP contribution in [-0.4, -0.2) is 35.9 Å². The monoisotopic (exact) mass is 281 g/mol. The van der Waals surface area contributed by atoms with Crippen molar-refractivity contribution in [1.29, 1.82) is 0 Å². The molecule has 1 fully saturated rings. The summed E-state index contributed by atoms with van der Waals surface area (Å²) < 4.78 is 0. The molecule has 0 aliphatic carbocycles. The molecule has 2 unspecified atom stereocenters. The van der Waals surface area contributed by atoms with E-state index in [9.17, 15) is 4.79 Å². The third kappa shape index (κ3) is 3.00.